The van der Waals surface area contributed by atoms with Gasteiger partial charge in [-0.1, -0.05) is 0 Å². The molecule has 24 heavy (non-hydrogen) atoms. The third kappa shape index (κ3) is 3.29. The summed E-state index contributed by atoms with van der Waals surface area (Å²) in [5, 5.41) is 2.71. The molecule has 5 nitrogen and oxygen atoms in total. The molecule has 0 bridgehead atoms. The maximum absolute atomic E-state index is 13.2. The van der Waals surface area contributed by atoms with Gasteiger partial charge in [0.2, 0.25) is 0 Å². The molecule has 0 atom stereocenters. The Labute approximate surface area is 154 Å². The van der Waals surface area contributed by atoms with Gasteiger partial charge in [-0.15, -0.1) is 0 Å². The minimum absolute atomic E-state index is 0.252. The monoisotopic (exact) mass is 455 g/mol. The molecule has 0 aliphatic heterocycles. The summed E-state index contributed by atoms with van der Waals surface area (Å²) in [6.45, 7) is 1.98. The van der Waals surface area contributed by atoms with Gasteiger partial charge in [0.05, 0.1) is 11.1 Å². The van der Waals surface area contributed by atoms with Gasteiger partial charge >= 0.3 is 6.09 Å². The fraction of sp³-hybridized carbons (Fsp3) is 0.125. The molecule has 1 amide bonds. The molecule has 0 saturated carbocycles. The average molecular weight is 457 g/mol. The molecule has 2 aromatic heterocycles. The fourth-order valence-electron chi connectivity index (χ4n) is 2.27. The highest BCUT2D eigenvalue weighted by atomic mass is 79.9. The van der Waals surface area contributed by atoms with Crippen molar-refractivity contribution >= 4 is 49.4 Å². The highest BCUT2D eigenvalue weighted by Crippen LogP contribution is 2.33. The summed E-state index contributed by atoms with van der Waals surface area (Å²) in [7, 11) is 0. The van der Waals surface area contributed by atoms with Gasteiger partial charge in [0.15, 0.2) is 5.65 Å². The van der Waals surface area contributed by atoms with Crippen molar-refractivity contribution in [1.29, 1.82) is 0 Å². The Morgan fingerprint density at radius 3 is 2.71 bits per heavy atom. The number of nitrogens with zero attached hydrogens (tertiary/aromatic N) is 2. The molecular formula is C16H12Br2FN3O2. The zero-order valence-corrected chi connectivity index (χ0v) is 15.7. The zero-order chi connectivity index (χ0) is 17.3. The number of rotatable bonds is 3. The van der Waals surface area contributed by atoms with Crippen molar-refractivity contribution < 1.29 is 13.9 Å². The number of anilines is 1. The van der Waals surface area contributed by atoms with Gasteiger partial charge in [-0.05, 0) is 69.1 Å². The van der Waals surface area contributed by atoms with Crippen molar-refractivity contribution in [2.75, 3.05) is 11.9 Å². The third-order valence-electron chi connectivity index (χ3n) is 3.26. The summed E-state index contributed by atoms with van der Waals surface area (Å²) in [6, 6.07) is 7.76. The summed E-state index contributed by atoms with van der Waals surface area (Å²) < 4.78 is 21.4. The topological polar surface area (TPSA) is 55.6 Å². The van der Waals surface area contributed by atoms with E-state index in [1.54, 1.807) is 29.7 Å². The van der Waals surface area contributed by atoms with E-state index in [-0.39, 0.29) is 12.4 Å². The maximum Gasteiger partial charge on any atom is 0.412 e. The first-order valence-corrected chi connectivity index (χ1v) is 8.65. The molecule has 0 spiro atoms. The SMILES string of the molecule is CCOC(=O)Nc1c(-c2ccc(F)cc2)nc2c(Br)cc(Br)cn12. The number of fused-ring (bicyclic) bond motifs is 1. The number of hydrogen-bond donors (Lipinski definition) is 1. The summed E-state index contributed by atoms with van der Waals surface area (Å²) in [4.78, 5) is 16.5. The molecule has 0 aliphatic carbocycles. The third-order valence-corrected chi connectivity index (χ3v) is 4.27. The fourth-order valence-corrected chi connectivity index (χ4v) is 3.53. The van der Waals surface area contributed by atoms with E-state index in [1.807, 2.05) is 6.07 Å². The van der Waals surface area contributed by atoms with Gasteiger partial charge < -0.3 is 4.74 Å². The molecule has 0 radical (unpaired) electrons. The standard InChI is InChI=1S/C16H12Br2FN3O2/c1-2-24-16(23)21-15-13(9-3-5-11(19)6-4-9)20-14-12(18)7-10(17)8-22(14)15/h3-8H,2H2,1H3,(H,21,23). The van der Waals surface area contributed by atoms with E-state index in [4.69, 9.17) is 4.74 Å². The molecule has 1 N–H and O–H groups in total. The van der Waals surface area contributed by atoms with Gasteiger partial charge in [-0.25, -0.2) is 14.2 Å². The number of carbonyl (C=O) groups excluding carboxylic acids is 1. The van der Waals surface area contributed by atoms with Crippen molar-refractivity contribution in [1.82, 2.24) is 9.38 Å². The molecule has 8 heteroatoms. The van der Waals surface area contributed by atoms with Crippen LogP contribution < -0.4 is 5.32 Å². The number of halogens is 3. The van der Waals surface area contributed by atoms with Crippen LogP contribution in [0.4, 0.5) is 15.0 Å². The number of hydrogen-bond acceptors (Lipinski definition) is 3. The van der Waals surface area contributed by atoms with E-state index < -0.39 is 6.09 Å². The quantitative estimate of drug-likeness (QED) is 0.586. The van der Waals surface area contributed by atoms with Gasteiger partial charge in [0, 0.05) is 16.2 Å². The van der Waals surface area contributed by atoms with Crippen LogP contribution in [-0.4, -0.2) is 22.1 Å². The first-order valence-electron chi connectivity index (χ1n) is 7.06. The average Bonchev–Trinajstić information content (AvgIpc) is 2.87. The van der Waals surface area contributed by atoms with E-state index in [2.05, 4.69) is 42.2 Å². The Bertz CT molecular complexity index is 910. The lowest BCUT2D eigenvalue weighted by Gasteiger charge is -2.08. The van der Waals surface area contributed by atoms with Gasteiger partial charge in [0.25, 0.3) is 0 Å². The number of aromatic nitrogens is 2. The minimum Gasteiger partial charge on any atom is -0.450 e. The second-order valence-electron chi connectivity index (χ2n) is 4.86. The highest BCUT2D eigenvalue weighted by molar-refractivity contribution is 9.11. The van der Waals surface area contributed by atoms with Crippen LogP contribution in [0.25, 0.3) is 16.9 Å². The van der Waals surface area contributed by atoms with Crippen LogP contribution in [0.15, 0.2) is 45.5 Å². The lowest BCUT2D eigenvalue weighted by atomic mass is 10.1. The Kier molecular flexibility index (Phi) is 4.86. The van der Waals surface area contributed by atoms with Crippen LogP contribution >= 0.6 is 31.9 Å². The van der Waals surface area contributed by atoms with Crippen LogP contribution in [0.3, 0.4) is 0 Å². The highest BCUT2D eigenvalue weighted by Gasteiger charge is 2.19. The molecule has 0 aliphatic rings. The number of amides is 1. The molecule has 1 aromatic carbocycles. The Morgan fingerprint density at radius 1 is 1.33 bits per heavy atom. The van der Waals surface area contributed by atoms with Crippen LogP contribution in [0, 0.1) is 5.82 Å². The Hall–Kier alpha value is -1.93. The minimum atomic E-state index is -0.584. The second kappa shape index (κ2) is 6.90. The van der Waals surface area contributed by atoms with Crippen molar-refractivity contribution in [3.05, 3.63) is 51.3 Å². The van der Waals surface area contributed by atoms with Crippen LogP contribution in [0.2, 0.25) is 0 Å². The molecule has 2 heterocycles. The largest absolute Gasteiger partial charge is 0.450 e. The van der Waals surface area contributed by atoms with Crippen molar-refractivity contribution in [2.45, 2.75) is 6.92 Å². The molecule has 0 saturated heterocycles. The summed E-state index contributed by atoms with van der Waals surface area (Å²) >= 11 is 6.88. The summed E-state index contributed by atoms with van der Waals surface area (Å²) in [5.41, 5.74) is 1.81. The smallest absolute Gasteiger partial charge is 0.412 e. The normalized spacial score (nSPS) is 10.8. The first-order chi connectivity index (χ1) is 11.5. The zero-order valence-electron chi connectivity index (χ0n) is 12.5. The molecule has 0 fully saturated rings. The molecular weight excluding hydrogens is 445 g/mol. The van der Waals surface area contributed by atoms with E-state index in [9.17, 15) is 9.18 Å². The van der Waals surface area contributed by atoms with Crippen molar-refractivity contribution in [3.8, 4) is 11.3 Å². The number of benzene rings is 1. The number of ether oxygens (including phenoxy) is 1. The predicted molar refractivity (Wildman–Crippen MR) is 96.6 cm³/mol. The van der Waals surface area contributed by atoms with Crippen molar-refractivity contribution in [3.63, 3.8) is 0 Å². The molecule has 124 valence electrons. The summed E-state index contributed by atoms with van der Waals surface area (Å²) in [6.07, 6.45) is 1.19. The molecule has 3 rings (SSSR count). The lowest BCUT2D eigenvalue weighted by Crippen LogP contribution is -2.15. The number of nitrogens with one attached hydrogen (secondary N) is 1. The van der Waals surface area contributed by atoms with E-state index in [0.717, 1.165) is 8.95 Å². The van der Waals surface area contributed by atoms with Crippen LogP contribution in [-0.2, 0) is 4.74 Å². The molecule has 0 unspecified atom stereocenters. The van der Waals surface area contributed by atoms with Crippen LogP contribution in [0.5, 0.6) is 0 Å². The van der Waals surface area contributed by atoms with Gasteiger partial charge in [-0.2, -0.15) is 0 Å². The molecule has 3 aromatic rings. The van der Waals surface area contributed by atoms with Gasteiger partial charge in [-0.3, -0.25) is 9.72 Å². The van der Waals surface area contributed by atoms with E-state index >= 15 is 0 Å². The second-order valence-corrected chi connectivity index (χ2v) is 6.63. The Balaban J connectivity index is 2.21. The lowest BCUT2D eigenvalue weighted by molar-refractivity contribution is 0.168. The van der Waals surface area contributed by atoms with E-state index in [1.165, 1.54) is 12.1 Å². The predicted octanol–water partition coefficient (Wildman–Crippen LogP) is 5.23. The number of pyridine rings is 1. The van der Waals surface area contributed by atoms with Crippen LogP contribution in [0.1, 0.15) is 6.92 Å². The number of carbonyl (C=O) groups is 1. The number of imidazole rings is 1. The Morgan fingerprint density at radius 2 is 2.04 bits per heavy atom. The maximum atomic E-state index is 13.2. The summed E-state index contributed by atoms with van der Waals surface area (Å²) in [5.74, 6) is 0.100. The van der Waals surface area contributed by atoms with E-state index in [0.29, 0.717) is 22.7 Å². The van der Waals surface area contributed by atoms with Gasteiger partial charge in [0.1, 0.15) is 17.3 Å². The van der Waals surface area contributed by atoms with Crippen molar-refractivity contribution in [2.24, 2.45) is 0 Å². The first kappa shape index (κ1) is 16.9.